The average molecular weight is 142 g/mol. The van der Waals surface area contributed by atoms with E-state index in [0.717, 1.165) is 17.2 Å². The molecule has 9 heavy (non-hydrogen) atoms. The van der Waals surface area contributed by atoms with E-state index in [-0.39, 0.29) is 0 Å². The Labute approximate surface area is 59.2 Å². The Hall–Kier alpha value is -0.440. The van der Waals surface area contributed by atoms with Crippen molar-refractivity contribution in [2.75, 3.05) is 12.8 Å². The van der Waals surface area contributed by atoms with Crippen molar-refractivity contribution in [3.63, 3.8) is 0 Å². The Kier molecular flexibility index (Phi) is 2.16. The van der Waals surface area contributed by atoms with E-state index in [1.54, 1.807) is 18.8 Å². The van der Waals surface area contributed by atoms with Crippen molar-refractivity contribution >= 4 is 18.0 Å². The van der Waals surface area contributed by atoms with Crippen molar-refractivity contribution in [3.8, 4) is 0 Å². The van der Waals surface area contributed by atoms with Crippen molar-refractivity contribution in [1.29, 1.82) is 0 Å². The maximum atomic E-state index is 5.62. The van der Waals surface area contributed by atoms with Crippen molar-refractivity contribution < 1.29 is 0 Å². The van der Waals surface area contributed by atoms with E-state index >= 15 is 0 Å². The molecule has 0 aromatic carbocycles. The Morgan fingerprint density at radius 1 is 1.78 bits per heavy atom. The second-order valence-corrected chi connectivity index (χ2v) is 3.01. The van der Waals surface area contributed by atoms with Gasteiger partial charge in [-0.25, -0.2) is 0 Å². The van der Waals surface area contributed by atoms with Gasteiger partial charge in [-0.1, -0.05) is 0 Å². The molecule has 0 aliphatic carbocycles. The van der Waals surface area contributed by atoms with Gasteiger partial charge in [0.15, 0.2) is 0 Å². The number of thioether (sulfide) groups is 1. The quantitative estimate of drug-likeness (QED) is 0.554. The number of aliphatic imine (C=N–C) groups is 1. The third-order valence-electron chi connectivity index (χ3n) is 1.23. The molecule has 0 aromatic heterocycles. The minimum Gasteiger partial charge on any atom is -0.393 e. The number of allylic oxidation sites excluding steroid dienone is 1. The van der Waals surface area contributed by atoms with Crippen LogP contribution in [0.2, 0.25) is 0 Å². The molecule has 0 fully saturated rings. The molecule has 1 aliphatic heterocycles. The summed E-state index contributed by atoms with van der Waals surface area (Å²) in [6, 6.07) is 0. The fraction of sp³-hybridized carbons (Fsp3) is 0.500. The minimum absolute atomic E-state index is 0.945. The normalized spacial score (nSPS) is 20.1. The summed E-state index contributed by atoms with van der Waals surface area (Å²) in [5.41, 5.74) is 6.81. The number of hydrogen-bond donors (Lipinski definition) is 1. The lowest BCUT2D eigenvalue weighted by Gasteiger charge is -1.89. The molecule has 0 amide bonds. The molecule has 0 spiro atoms. The van der Waals surface area contributed by atoms with E-state index in [1.165, 1.54) is 5.57 Å². The highest BCUT2D eigenvalue weighted by molar-refractivity contribution is 8.03. The molecule has 0 saturated carbocycles. The summed E-state index contributed by atoms with van der Waals surface area (Å²) in [5, 5.41) is 0.945. The Bertz CT molecular complexity index is 160. The molecule has 2 nitrogen and oxygen atoms in total. The van der Waals surface area contributed by atoms with E-state index in [9.17, 15) is 0 Å². The van der Waals surface area contributed by atoms with Crippen LogP contribution in [-0.4, -0.2) is 19.0 Å². The van der Waals surface area contributed by atoms with Gasteiger partial charge < -0.3 is 5.73 Å². The highest BCUT2D eigenvalue weighted by Gasteiger charge is 2.08. The molecular weight excluding hydrogens is 132 g/mol. The monoisotopic (exact) mass is 142 g/mol. The Balaban J connectivity index is 2.66. The minimum atomic E-state index is 0.945. The molecule has 3 heteroatoms. The summed E-state index contributed by atoms with van der Waals surface area (Å²) < 4.78 is 0. The van der Waals surface area contributed by atoms with E-state index in [4.69, 9.17) is 5.73 Å². The van der Waals surface area contributed by atoms with Crippen LogP contribution in [0.3, 0.4) is 0 Å². The fourth-order valence-electron chi connectivity index (χ4n) is 0.771. The number of rotatable bonds is 1. The largest absolute Gasteiger partial charge is 0.393 e. The van der Waals surface area contributed by atoms with Crippen molar-refractivity contribution in [2.24, 2.45) is 10.7 Å². The van der Waals surface area contributed by atoms with Crippen molar-refractivity contribution in [1.82, 2.24) is 0 Å². The standard InChI is InChI=1S/C6H10N2S/c1-8-4-5-2-3-9-6(5)7/h4H,2-3,7H2,1H3/b8-4-. The van der Waals surface area contributed by atoms with Gasteiger partial charge in [0.1, 0.15) is 0 Å². The summed E-state index contributed by atoms with van der Waals surface area (Å²) >= 11 is 1.71. The summed E-state index contributed by atoms with van der Waals surface area (Å²) in [6.45, 7) is 0. The first-order chi connectivity index (χ1) is 4.34. The lowest BCUT2D eigenvalue weighted by molar-refractivity contribution is 1.21. The highest BCUT2D eigenvalue weighted by atomic mass is 32.2. The van der Waals surface area contributed by atoms with Crippen LogP contribution in [0.15, 0.2) is 15.6 Å². The first kappa shape index (κ1) is 6.68. The lowest BCUT2D eigenvalue weighted by atomic mass is 10.2. The molecule has 50 valence electrons. The molecule has 0 atom stereocenters. The fourth-order valence-corrected chi connectivity index (χ4v) is 1.65. The average Bonchev–Trinajstić information content (AvgIpc) is 2.18. The summed E-state index contributed by atoms with van der Waals surface area (Å²) in [7, 11) is 1.77. The van der Waals surface area contributed by atoms with Gasteiger partial charge in [0, 0.05) is 24.6 Å². The predicted octanol–water partition coefficient (Wildman–Crippen LogP) is 0.994. The van der Waals surface area contributed by atoms with E-state index < -0.39 is 0 Å². The highest BCUT2D eigenvalue weighted by Crippen LogP contribution is 2.25. The molecule has 0 saturated heterocycles. The van der Waals surface area contributed by atoms with Crippen LogP contribution in [0.4, 0.5) is 0 Å². The van der Waals surface area contributed by atoms with Crippen LogP contribution in [0.25, 0.3) is 0 Å². The third-order valence-corrected chi connectivity index (χ3v) is 2.21. The molecule has 0 bridgehead atoms. The third kappa shape index (κ3) is 1.48. The summed E-state index contributed by atoms with van der Waals surface area (Å²) in [6.07, 6.45) is 2.92. The van der Waals surface area contributed by atoms with Gasteiger partial charge in [-0.15, -0.1) is 11.8 Å². The zero-order chi connectivity index (χ0) is 6.69. The van der Waals surface area contributed by atoms with Crippen LogP contribution in [0.5, 0.6) is 0 Å². The van der Waals surface area contributed by atoms with Gasteiger partial charge in [0.05, 0.1) is 5.03 Å². The first-order valence-corrected chi connectivity index (χ1v) is 3.86. The van der Waals surface area contributed by atoms with Gasteiger partial charge in [0.2, 0.25) is 0 Å². The predicted molar refractivity (Wildman–Crippen MR) is 42.7 cm³/mol. The van der Waals surface area contributed by atoms with Gasteiger partial charge >= 0.3 is 0 Å². The number of nitrogens with two attached hydrogens (primary N) is 1. The van der Waals surface area contributed by atoms with E-state index in [1.807, 2.05) is 6.21 Å². The van der Waals surface area contributed by atoms with Gasteiger partial charge in [-0.2, -0.15) is 0 Å². The van der Waals surface area contributed by atoms with Gasteiger partial charge in [-0.05, 0) is 6.42 Å². The topological polar surface area (TPSA) is 38.4 Å². The molecule has 2 N–H and O–H groups in total. The van der Waals surface area contributed by atoms with Crippen LogP contribution >= 0.6 is 11.8 Å². The van der Waals surface area contributed by atoms with E-state index in [2.05, 4.69) is 4.99 Å². The van der Waals surface area contributed by atoms with Crippen LogP contribution in [-0.2, 0) is 0 Å². The number of nitrogens with zero attached hydrogens (tertiary/aromatic N) is 1. The van der Waals surface area contributed by atoms with Crippen molar-refractivity contribution in [2.45, 2.75) is 6.42 Å². The Morgan fingerprint density at radius 2 is 2.56 bits per heavy atom. The van der Waals surface area contributed by atoms with Crippen molar-refractivity contribution in [3.05, 3.63) is 10.6 Å². The summed E-state index contributed by atoms with van der Waals surface area (Å²) in [5.74, 6) is 1.12. The molecule has 0 unspecified atom stereocenters. The zero-order valence-electron chi connectivity index (χ0n) is 5.42. The van der Waals surface area contributed by atoms with E-state index in [0.29, 0.717) is 0 Å². The second-order valence-electron chi connectivity index (χ2n) is 1.88. The SMILES string of the molecule is C/N=C\C1=C(N)SCC1. The smallest absolute Gasteiger partial charge is 0.0703 e. The van der Waals surface area contributed by atoms with Gasteiger partial charge in [0.25, 0.3) is 0 Å². The molecular formula is C6H10N2S. The second kappa shape index (κ2) is 2.92. The molecule has 1 rings (SSSR count). The van der Waals surface area contributed by atoms with Crippen LogP contribution in [0, 0.1) is 0 Å². The molecule has 1 heterocycles. The maximum Gasteiger partial charge on any atom is 0.0703 e. The molecule has 0 radical (unpaired) electrons. The maximum absolute atomic E-state index is 5.62. The molecule has 0 aromatic rings. The lowest BCUT2D eigenvalue weighted by Crippen LogP contribution is -1.93. The Morgan fingerprint density at radius 3 is 3.00 bits per heavy atom. The molecule has 1 aliphatic rings. The van der Waals surface area contributed by atoms with Crippen LogP contribution in [0.1, 0.15) is 6.42 Å². The van der Waals surface area contributed by atoms with Crippen LogP contribution < -0.4 is 5.73 Å². The summed E-state index contributed by atoms with van der Waals surface area (Å²) in [4.78, 5) is 3.89. The number of hydrogen-bond acceptors (Lipinski definition) is 3. The first-order valence-electron chi connectivity index (χ1n) is 2.88. The van der Waals surface area contributed by atoms with Gasteiger partial charge in [-0.3, -0.25) is 4.99 Å². The zero-order valence-corrected chi connectivity index (χ0v) is 6.24.